The summed E-state index contributed by atoms with van der Waals surface area (Å²) in [4.78, 5) is 15.8. The summed E-state index contributed by atoms with van der Waals surface area (Å²) in [5, 5.41) is 1.04. The summed E-state index contributed by atoms with van der Waals surface area (Å²) >= 11 is 5.62. The minimum atomic E-state index is -0.288. The molecule has 4 heteroatoms. The summed E-state index contributed by atoms with van der Waals surface area (Å²) in [5.74, 6) is 1.48. The van der Waals surface area contributed by atoms with Gasteiger partial charge in [-0.1, -0.05) is 0 Å². The number of halogens is 1. The fourth-order valence-electron chi connectivity index (χ4n) is 1.42. The maximum Gasteiger partial charge on any atom is 0.209 e. The molecule has 0 radical (unpaired) electrons. The quantitative estimate of drug-likeness (QED) is 0.580. The minimum absolute atomic E-state index is 0.198. The van der Waals surface area contributed by atoms with Gasteiger partial charge in [-0.2, -0.15) is 0 Å². The van der Waals surface area contributed by atoms with Crippen LogP contribution in [0, 0.1) is 4.51 Å². The highest BCUT2D eigenvalue weighted by molar-refractivity contribution is 8.23. The molecule has 0 saturated carbocycles. The molecule has 0 N–H and O–H groups in total. The van der Waals surface area contributed by atoms with Gasteiger partial charge in [-0.05, 0) is 24.3 Å². The van der Waals surface area contributed by atoms with Gasteiger partial charge in [0.15, 0.2) is 0 Å². The molecule has 2 heterocycles. The third-order valence-electron chi connectivity index (χ3n) is 2.04. The lowest BCUT2D eigenvalue weighted by atomic mass is 10.4. The molecule has 0 spiro atoms. The van der Waals surface area contributed by atoms with Crippen molar-refractivity contribution in [2.45, 2.75) is 6.42 Å². The second kappa shape index (κ2) is 4.24. The zero-order valence-electron chi connectivity index (χ0n) is 7.57. The number of alkyl halides is 1. The van der Waals surface area contributed by atoms with Crippen LogP contribution in [0.4, 0.5) is 0 Å². The van der Waals surface area contributed by atoms with Crippen molar-refractivity contribution in [1.82, 2.24) is 4.98 Å². The zero-order chi connectivity index (χ0) is 9.97. The molecule has 0 aliphatic carbocycles. The molecule has 1 aliphatic heterocycles. The number of pyridine rings is 1. The van der Waals surface area contributed by atoms with E-state index in [0.717, 1.165) is 22.0 Å². The van der Waals surface area contributed by atoms with E-state index in [0.29, 0.717) is 5.88 Å². The van der Waals surface area contributed by atoms with Crippen molar-refractivity contribution >= 4 is 33.3 Å². The first-order chi connectivity index (χ1) is 6.83. The third-order valence-corrected chi connectivity index (χ3v) is 4.49. The predicted molar refractivity (Wildman–Crippen MR) is 60.0 cm³/mol. The van der Waals surface area contributed by atoms with Crippen LogP contribution in [0.2, 0.25) is 0 Å². The number of aromatic nitrogens is 1. The van der Waals surface area contributed by atoms with Crippen molar-refractivity contribution in [3.05, 3.63) is 28.2 Å². The number of fused-ring (bicyclic) bond motifs is 1. The molecule has 0 aromatic carbocycles. The summed E-state index contributed by atoms with van der Waals surface area (Å²) in [6.45, 7) is 0. The van der Waals surface area contributed by atoms with Crippen molar-refractivity contribution in [2.75, 3.05) is 11.6 Å². The summed E-state index contributed by atoms with van der Waals surface area (Å²) in [6, 6.07) is 3.87. The first kappa shape index (κ1) is 9.87. The van der Waals surface area contributed by atoms with Gasteiger partial charge in [-0.25, -0.2) is 0 Å². The van der Waals surface area contributed by atoms with Gasteiger partial charge < -0.3 is 0 Å². The minimum Gasteiger partial charge on any atom is -0.283 e. The largest absolute Gasteiger partial charge is 0.283 e. The normalized spacial score (nSPS) is 19.2. The molecule has 0 bridgehead atoms. The second-order valence-electron chi connectivity index (χ2n) is 2.99. The van der Waals surface area contributed by atoms with Gasteiger partial charge in [0.1, 0.15) is 0 Å². The maximum absolute atomic E-state index is 11.6. The van der Waals surface area contributed by atoms with E-state index in [2.05, 4.69) is 4.98 Å². The fourth-order valence-corrected chi connectivity index (χ4v) is 3.64. The Morgan fingerprint density at radius 1 is 1.50 bits per heavy atom. The van der Waals surface area contributed by atoms with Gasteiger partial charge in [0, 0.05) is 22.7 Å². The Bertz CT molecular complexity index is 483. The van der Waals surface area contributed by atoms with Crippen LogP contribution in [0.1, 0.15) is 6.42 Å². The molecule has 0 amide bonds. The first-order valence-electron chi connectivity index (χ1n) is 4.43. The Morgan fingerprint density at radius 2 is 2.36 bits per heavy atom. The van der Waals surface area contributed by atoms with E-state index in [1.54, 1.807) is 12.3 Å². The monoisotopic (exact) mass is 227 g/mol. The summed E-state index contributed by atoms with van der Waals surface area (Å²) in [7, 11) is -0.288. The van der Waals surface area contributed by atoms with E-state index in [-0.39, 0.29) is 15.6 Å². The molecular weight excluding hydrogens is 218 g/mol. The van der Waals surface area contributed by atoms with Crippen LogP contribution in [0.5, 0.6) is 0 Å². The van der Waals surface area contributed by atoms with Crippen LogP contribution in [0.25, 0.3) is 6.08 Å². The number of nitrogens with zero attached hydrogens (tertiary/aromatic N) is 1. The Labute approximate surface area is 89.5 Å². The van der Waals surface area contributed by atoms with Crippen LogP contribution in [-0.4, -0.2) is 21.7 Å². The molecule has 1 aromatic rings. The SMILES string of the molecule is O=C1C=c2ncccc2=S1CCCCl. The van der Waals surface area contributed by atoms with Crippen molar-refractivity contribution in [3.63, 3.8) is 0 Å². The molecule has 14 heavy (non-hydrogen) atoms. The smallest absolute Gasteiger partial charge is 0.209 e. The van der Waals surface area contributed by atoms with Crippen LogP contribution in [-0.2, 0) is 4.79 Å². The Morgan fingerprint density at radius 3 is 3.14 bits per heavy atom. The lowest BCUT2D eigenvalue weighted by Gasteiger charge is -1.99. The molecule has 1 atom stereocenters. The van der Waals surface area contributed by atoms with Crippen molar-refractivity contribution in [1.29, 1.82) is 0 Å². The Hall–Kier alpha value is -0.670. The molecule has 0 saturated heterocycles. The molecule has 1 unspecified atom stereocenters. The van der Waals surface area contributed by atoms with Crippen molar-refractivity contribution in [3.8, 4) is 0 Å². The van der Waals surface area contributed by atoms with Crippen LogP contribution >= 0.6 is 22.1 Å². The molecule has 2 nitrogen and oxygen atoms in total. The number of carbonyl (C=O) groups is 1. The lowest BCUT2D eigenvalue weighted by Crippen LogP contribution is -2.04. The van der Waals surface area contributed by atoms with Gasteiger partial charge in [-0.3, -0.25) is 9.78 Å². The maximum atomic E-state index is 11.6. The summed E-state index contributed by atoms with van der Waals surface area (Å²) < 4.78 is 1.09. The van der Waals surface area contributed by atoms with Gasteiger partial charge in [0.05, 0.1) is 5.35 Å². The highest BCUT2D eigenvalue weighted by atomic mass is 35.5. The van der Waals surface area contributed by atoms with Gasteiger partial charge in [0.25, 0.3) is 0 Å². The van der Waals surface area contributed by atoms with Crippen molar-refractivity contribution in [2.24, 2.45) is 0 Å². The van der Waals surface area contributed by atoms with Crippen molar-refractivity contribution < 1.29 is 4.79 Å². The number of rotatable bonds is 3. The Kier molecular flexibility index (Phi) is 2.99. The fraction of sp³-hybridized carbons (Fsp3) is 0.300. The van der Waals surface area contributed by atoms with Crippen LogP contribution < -0.4 is 5.35 Å². The van der Waals surface area contributed by atoms with Gasteiger partial charge in [0.2, 0.25) is 5.12 Å². The lowest BCUT2D eigenvalue weighted by molar-refractivity contribution is -0.105. The molecule has 1 aliphatic rings. The Balaban J connectivity index is 2.50. The average molecular weight is 228 g/mol. The zero-order valence-corrected chi connectivity index (χ0v) is 9.14. The molecular formula is C10H10ClNOS. The van der Waals surface area contributed by atoms with Crippen LogP contribution in [0.15, 0.2) is 18.3 Å². The van der Waals surface area contributed by atoms with E-state index in [9.17, 15) is 4.79 Å². The van der Waals surface area contributed by atoms with E-state index >= 15 is 0 Å². The van der Waals surface area contributed by atoms with Crippen LogP contribution in [0.3, 0.4) is 0 Å². The number of carbonyl (C=O) groups excluding carboxylic acids is 1. The first-order valence-corrected chi connectivity index (χ1v) is 6.36. The predicted octanol–water partition coefficient (Wildman–Crippen LogP) is 1.55. The van der Waals surface area contributed by atoms with E-state index in [1.807, 2.05) is 12.1 Å². The summed E-state index contributed by atoms with van der Waals surface area (Å²) in [5.41, 5.74) is 0. The molecule has 1 aromatic heterocycles. The number of hydrogen-bond donors (Lipinski definition) is 0. The standard InChI is InChI=1S/C10H10ClNOS/c11-4-2-6-14-9-3-1-5-12-8(9)7-10(14)13/h1,3,5,7H,2,4,6H2. The third kappa shape index (κ3) is 1.74. The average Bonchev–Trinajstić information content (AvgIpc) is 2.51. The molecule has 74 valence electrons. The van der Waals surface area contributed by atoms with Gasteiger partial charge >= 0.3 is 0 Å². The van der Waals surface area contributed by atoms with E-state index in [1.165, 1.54) is 0 Å². The molecule has 0 fully saturated rings. The highest BCUT2D eigenvalue weighted by Crippen LogP contribution is 2.23. The summed E-state index contributed by atoms with van der Waals surface area (Å²) in [6.07, 6.45) is 4.25. The van der Waals surface area contributed by atoms with Gasteiger partial charge in [-0.15, -0.1) is 22.1 Å². The second-order valence-corrected chi connectivity index (χ2v) is 5.40. The topological polar surface area (TPSA) is 30.0 Å². The highest BCUT2D eigenvalue weighted by Gasteiger charge is 2.12. The number of hydrogen-bond acceptors (Lipinski definition) is 2. The molecule has 2 rings (SSSR count). The van der Waals surface area contributed by atoms with E-state index < -0.39 is 0 Å². The van der Waals surface area contributed by atoms with E-state index in [4.69, 9.17) is 11.6 Å².